The molecule has 5 rings (SSSR count). The number of allylic oxidation sites excluding steroid dienone is 7. The number of nitrogens with zero attached hydrogens (tertiary/aromatic N) is 3. The van der Waals surface area contributed by atoms with Crippen LogP contribution in [-0.2, 0) is 0 Å². The van der Waals surface area contributed by atoms with Crippen LogP contribution in [0.15, 0.2) is 90.6 Å². The van der Waals surface area contributed by atoms with Crippen molar-refractivity contribution in [3.8, 4) is 22.5 Å². The molecule has 1 fully saturated rings. The van der Waals surface area contributed by atoms with Gasteiger partial charge in [-0.25, -0.2) is 0 Å². The first kappa shape index (κ1) is 26.4. The van der Waals surface area contributed by atoms with E-state index in [-0.39, 0.29) is 0 Å². The molecule has 4 aromatic heterocycles. The first-order chi connectivity index (χ1) is 19.1. The van der Waals surface area contributed by atoms with Crippen LogP contribution < -0.4 is 10.6 Å². The van der Waals surface area contributed by atoms with E-state index in [1.54, 1.807) is 6.20 Å². The maximum Gasteiger partial charge on any atom is 0.116 e. The fraction of sp³-hybridized carbons (Fsp3) is 0.265. The lowest BCUT2D eigenvalue weighted by molar-refractivity contribution is 0.358. The third-order valence-corrected chi connectivity index (χ3v) is 7.76. The minimum atomic E-state index is 0.763. The van der Waals surface area contributed by atoms with Crippen LogP contribution in [0.4, 0.5) is 0 Å². The molecule has 4 heterocycles. The first-order valence-corrected chi connectivity index (χ1v) is 13.9. The molecule has 0 radical (unpaired) electrons. The van der Waals surface area contributed by atoms with Crippen LogP contribution in [0.5, 0.6) is 0 Å². The molecule has 1 aliphatic carbocycles. The molecule has 2 N–H and O–H groups in total. The zero-order valence-electron chi connectivity index (χ0n) is 23.0. The number of pyridine rings is 2. The van der Waals surface area contributed by atoms with Crippen LogP contribution in [0.3, 0.4) is 0 Å². The maximum atomic E-state index is 4.65. The summed E-state index contributed by atoms with van der Waals surface area (Å²) < 4.78 is 0. The van der Waals surface area contributed by atoms with E-state index in [0.717, 1.165) is 61.9 Å². The summed E-state index contributed by atoms with van der Waals surface area (Å²) in [5, 5.41) is 10.6. The number of H-pyrrole nitrogens is 2. The third-order valence-electron chi connectivity index (χ3n) is 7.76. The molecule has 0 bridgehead atoms. The molecule has 0 saturated heterocycles. The standard InChI is InChI=1S/C34H37N5/c1-5-24(16-25-12-9-8-10-13-25)17-26(6-2)27(7-3)18-29-23(4)38-39-34(29)32-19-30-31(21-36-22-33(30)37-32)28-14-11-15-35-20-28/h5-7,11,14-15,17-22,25,37-38H,1,4,8-10,12-13,16H2,2-3H3/b24-17+,26-6+,27-7+,29-18+. The van der Waals surface area contributed by atoms with Crippen molar-refractivity contribution in [1.82, 2.24) is 25.1 Å². The molecule has 0 aromatic carbocycles. The van der Waals surface area contributed by atoms with Gasteiger partial charge in [-0.2, -0.15) is 5.10 Å². The minimum absolute atomic E-state index is 0.763. The Labute approximate surface area is 230 Å². The van der Waals surface area contributed by atoms with Crippen LogP contribution in [-0.4, -0.2) is 25.1 Å². The molecule has 1 aliphatic rings. The Hall–Kier alpha value is -4.25. The van der Waals surface area contributed by atoms with Gasteiger partial charge in [0.05, 0.1) is 22.8 Å². The molecule has 5 nitrogen and oxygen atoms in total. The van der Waals surface area contributed by atoms with Gasteiger partial charge in [0.1, 0.15) is 5.69 Å². The van der Waals surface area contributed by atoms with Gasteiger partial charge >= 0.3 is 0 Å². The van der Waals surface area contributed by atoms with E-state index < -0.39 is 0 Å². The molecule has 39 heavy (non-hydrogen) atoms. The quantitative estimate of drug-likeness (QED) is 0.244. The Bertz CT molecular complexity index is 1660. The molecule has 5 heteroatoms. The number of hydrogen-bond acceptors (Lipinski definition) is 3. The summed E-state index contributed by atoms with van der Waals surface area (Å²) >= 11 is 0. The number of nitrogens with one attached hydrogen (secondary N) is 2. The zero-order valence-corrected chi connectivity index (χ0v) is 23.0. The lowest BCUT2D eigenvalue weighted by Crippen LogP contribution is -2.22. The second-order valence-corrected chi connectivity index (χ2v) is 10.3. The highest BCUT2D eigenvalue weighted by Gasteiger charge is 2.15. The normalized spacial score (nSPS) is 16.3. The fourth-order valence-electron chi connectivity index (χ4n) is 5.63. The molecule has 198 valence electrons. The van der Waals surface area contributed by atoms with E-state index in [1.165, 1.54) is 43.3 Å². The molecule has 1 saturated carbocycles. The molecule has 4 aromatic rings. The van der Waals surface area contributed by atoms with Crippen molar-refractivity contribution in [1.29, 1.82) is 0 Å². The molecule has 0 amide bonds. The SMILES string of the molecule is C=C\C(=C/C(=C\C)C(/C=c1/c(-c2cc3c(-c4cccnc4)cncc3[nH]2)n[nH]c1=C)=C/C)CC1CCCCC1. The Morgan fingerprint density at radius 3 is 2.59 bits per heavy atom. The van der Waals surface area contributed by atoms with Crippen molar-refractivity contribution in [2.75, 3.05) is 0 Å². The number of aromatic amines is 2. The molecule has 0 atom stereocenters. The summed E-state index contributed by atoms with van der Waals surface area (Å²) in [7, 11) is 0. The Balaban J connectivity index is 1.52. The third kappa shape index (κ3) is 5.78. The summed E-state index contributed by atoms with van der Waals surface area (Å²) in [5.74, 6) is 0.763. The molecular formula is C34H37N5. The average Bonchev–Trinajstić information content (AvgIpc) is 3.58. The van der Waals surface area contributed by atoms with E-state index in [4.69, 9.17) is 0 Å². The lowest BCUT2D eigenvalue weighted by Gasteiger charge is -2.22. The molecule has 0 aliphatic heterocycles. The van der Waals surface area contributed by atoms with Gasteiger partial charge in [-0.15, -0.1) is 0 Å². The second kappa shape index (κ2) is 12.1. The van der Waals surface area contributed by atoms with Crippen molar-refractivity contribution < 1.29 is 0 Å². The molecule has 0 unspecified atom stereocenters. The van der Waals surface area contributed by atoms with Crippen LogP contribution in [0.1, 0.15) is 52.4 Å². The summed E-state index contributed by atoms with van der Waals surface area (Å²) in [6.45, 7) is 12.6. The predicted molar refractivity (Wildman–Crippen MR) is 163 cm³/mol. The first-order valence-electron chi connectivity index (χ1n) is 13.9. The van der Waals surface area contributed by atoms with Crippen molar-refractivity contribution >= 4 is 23.6 Å². The summed E-state index contributed by atoms with van der Waals surface area (Å²) in [6, 6.07) is 6.13. The van der Waals surface area contributed by atoms with Crippen molar-refractivity contribution in [3.63, 3.8) is 0 Å². The van der Waals surface area contributed by atoms with E-state index in [0.29, 0.717) is 0 Å². The van der Waals surface area contributed by atoms with E-state index in [9.17, 15) is 0 Å². The van der Waals surface area contributed by atoms with E-state index >= 15 is 0 Å². The van der Waals surface area contributed by atoms with Crippen molar-refractivity contribution in [2.45, 2.75) is 52.4 Å². The molecule has 0 spiro atoms. The monoisotopic (exact) mass is 515 g/mol. The van der Waals surface area contributed by atoms with Gasteiger partial charge in [0, 0.05) is 40.3 Å². The van der Waals surface area contributed by atoms with Crippen LogP contribution in [0.25, 0.3) is 46.1 Å². The summed E-state index contributed by atoms with van der Waals surface area (Å²) in [5.41, 5.74) is 8.36. The Morgan fingerprint density at radius 2 is 1.87 bits per heavy atom. The highest BCUT2D eigenvalue weighted by Crippen LogP contribution is 2.31. The lowest BCUT2D eigenvalue weighted by atomic mass is 9.84. The maximum absolute atomic E-state index is 4.65. The van der Waals surface area contributed by atoms with Gasteiger partial charge in [-0.05, 0) is 61.1 Å². The second-order valence-electron chi connectivity index (χ2n) is 10.3. The number of aromatic nitrogens is 5. The number of hydrogen-bond donors (Lipinski definition) is 2. The summed E-state index contributed by atoms with van der Waals surface area (Å²) in [6.07, 6.45) is 26.0. The highest BCUT2D eigenvalue weighted by atomic mass is 15.1. The van der Waals surface area contributed by atoms with E-state index in [1.807, 2.05) is 36.8 Å². The van der Waals surface area contributed by atoms with Gasteiger partial charge in [-0.3, -0.25) is 15.1 Å². The van der Waals surface area contributed by atoms with Crippen LogP contribution in [0.2, 0.25) is 0 Å². The predicted octanol–water partition coefficient (Wildman–Crippen LogP) is 7.18. The van der Waals surface area contributed by atoms with Crippen LogP contribution >= 0.6 is 0 Å². The summed E-state index contributed by atoms with van der Waals surface area (Å²) in [4.78, 5) is 12.3. The Morgan fingerprint density at radius 1 is 1.05 bits per heavy atom. The topological polar surface area (TPSA) is 70.2 Å². The van der Waals surface area contributed by atoms with Gasteiger partial charge in [-0.1, -0.05) is 75.6 Å². The van der Waals surface area contributed by atoms with Gasteiger partial charge in [0.25, 0.3) is 0 Å². The largest absolute Gasteiger partial charge is 0.352 e. The fourth-order valence-corrected chi connectivity index (χ4v) is 5.63. The number of rotatable bonds is 8. The average molecular weight is 516 g/mol. The molecular weight excluding hydrogens is 478 g/mol. The minimum Gasteiger partial charge on any atom is -0.352 e. The van der Waals surface area contributed by atoms with Crippen molar-refractivity contribution in [3.05, 3.63) is 101 Å². The Kier molecular flexibility index (Phi) is 8.16. The highest BCUT2D eigenvalue weighted by molar-refractivity contribution is 5.97. The van der Waals surface area contributed by atoms with Crippen LogP contribution in [0, 0.1) is 5.92 Å². The zero-order chi connectivity index (χ0) is 27.2. The van der Waals surface area contributed by atoms with Gasteiger partial charge < -0.3 is 4.98 Å². The smallest absolute Gasteiger partial charge is 0.116 e. The van der Waals surface area contributed by atoms with Gasteiger partial charge in [0.15, 0.2) is 0 Å². The van der Waals surface area contributed by atoms with Gasteiger partial charge in [0.2, 0.25) is 0 Å². The van der Waals surface area contributed by atoms with Crippen molar-refractivity contribution in [2.24, 2.45) is 5.92 Å². The van der Waals surface area contributed by atoms with E-state index in [2.05, 4.69) is 82.5 Å². The number of fused-ring (bicyclic) bond motifs is 1.